The van der Waals surface area contributed by atoms with Gasteiger partial charge in [-0.1, -0.05) is 5.16 Å². The van der Waals surface area contributed by atoms with E-state index in [-0.39, 0.29) is 24.7 Å². The zero-order chi connectivity index (χ0) is 17.2. The minimum atomic E-state index is -0.0511. The Bertz CT molecular complexity index is 599. The summed E-state index contributed by atoms with van der Waals surface area (Å²) in [7, 11) is 0. The summed E-state index contributed by atoms with van der Waals surface area (Å²) in [4.78, 5) is 16.5. The van der Waals surface area contributed by atoms with E-state index < -0.39 is 0 Å². The largest absolute Gasteiger partial charge is 0.374 e. The van der Waals surface area contributed by atoms with Crippen LogP contribution in [0.2, 0.25) is 0 Å². The van der Waals surface area contributed by atoms with Crippen LogP contribution in [-0.4, -0.2) is 72.0 Å². The highest BCUT2D eigenvalue weighted by Crippen LogP contribution is 2.31. The third-order valence-electron chi connectivity index (χ3n) is 5.51. The first-order chi connectivity index (χ1) is 12.2. The number of amides is 1. The monoisotopic (exact) mass is 349 g/mol. The number of carbonyl (C=O) groups is 1. The Kier molecular flexibility index (Phi) is 5.05. The van der Waals surface area contributed by atoms with Crippen molar-refractivity contribution in [2.45, 2.75) is 57.4 Å². The van der Waals surface area contributed by atoms with Crippen molar-refractivity contribution in [3.63, 3.8) is 0 Å². The molecule has 7 nitrogen and oxygen atoms in total. The van der Waals surface area contributed by atoms with Crippen LogP contribution < -0.4 is 0 Å². The third-order valence-corrected chi connectivity index (χ3v) is 5.51. The summed E-state index contributed by atoms with van der Waals surface area (Å²) in [6.45, 7) is 6.09. The van der Waals surface area contributed by atoms with Crippen molar-refractivity contribution in [2.75, 3.05) is 32.8 Å². The standard InChI is InChI=1S/C18H27N3O4/c1-13-9-14(19-25-13)10-21-11-16(18-15(21)5-4-8-23-18)24-12-17(22)20-6-2-3-7-20/h9,15-16,18H,2-8,10-12H2,1H3/t15-,16+,18+/m0/s1. The summed E-state index contributed by atoms with van der Waals surface area (Å²) in [5.74, 6) is 0.935. The predicted octanol–water partition coefficient (Wildman–Crippen LogP) is 1.35. The molecule has 1 amide bonds. The van der Waals surface area contributed by atoms with E-state index in [1.54, 1.807) is 0 Å². The fourth-order valence-electron chi connectivity index (χ4n) is 4.27. The second-order valence-corrected chi connectivity index (χ2v) is 7.34. The number of hydrogen-bond acceptors (Lipinski definition) is 6. The van der Waals surface area contributed by atoms with Crippen LogP contribution in [0.4, 0.5) is 0 Å². The Morgan fingerprint density at radius 1 is 1.36 bits per heavy atom. The molecule has 3 saturated heterocycles. The van der Waals surface area contributed by atoms with Crippen molar-refractivity contribution in [3.8, 4) is 0 Å². The van der Waals surface area contributed by atoms with Crippen molar-refractivity contribution in [3.05, 3.63) is 17.5 Å². The number of rotatable bonds is 5. The molecule has 0 spiro atoms. The average molecular weight is 349 g/mol. The first-order valence-corrected chi connectivity index (χ1v) is 9.38. The van der Waals surface area contributed by atoms with E-state index in [4.69, 9.17) is 14.0 Å². The van der Waals surface area contributed by atoms with E-state index in [2.05, 4.69) is 10.1 Å². The molecule has 0 aromatic carbocycles. The number of ether oxygens (including phenoxy) is 2. The molecule has 1 aromatic heterocycles. The summed E-state index contributed by atoms with van der Waals surface area (Å²) >= 11 is 0. The molecule has 0 N–H and O–H groups in total. The Morgan fingerprint density at radius 2 is 2.20 bits per heavy atom. The van der Waals surface area contributed by atoms with E-state index >= 15 is 0 Å². The lowest BCUT2D eigenvalue weighted by Crippen LogP contribution is -2.42. The normalized spacial score (nSPS) is 30.0. The fourth-order valence-corrected chi connectivity index (χ4v) is 4.27. The first-order valence-electron chi connectivity index (χ1n) is 9.38. The van der Waals surface area contributed by atoms with Crippen LogP contribution in [-0.2, 0) is 20.8 Å². The van der Waals surface area contributed by atoms with Gasteiger partial charge in [0.05, 0.1) is 11.8 Å². The zero-order valence-corrected chi connectivity index (χ0v) is 14.9. The molecule has 138 valence electrons. The minimum Gasteiger partial charge on any atom is -0.374 e. The lowest BCUT2D eigenvalue weighted by Gasteiger charge is -2.32. The summed E-state index contributed by atoms with van der Waals surface area (Å²) in [6, 6.07) is 2.31. The van der Waals surface area contributed by atoms with Crippen molar-refractivity contribution in [2.24, 2.45) is 0 Å². The number of fused-ring (bicyclic) bond motifs is 1. The van der Waals surface area contributed by atoms with Gasteiger partial charge in [0, 0.05) is 44.9 Å². The zero-order valence-electron chi connectivity index (χ0n) is 14.9. The molecular weight excluding hydrogens is 322 g/mol. The van der Waals surface area contributed by atoms with Crippen LogP contribution >= 0.6 is 0 Å². The van der Waals surface area contributed by atoms with Gasteiger partial charge >= 0.3 is 0 Å². The van der Waals surface area contributed by atoms with Crippen molar-refractivity contribution >= 4 is 5.91 Å². The van der Waals surface area contributed by atoms with Gasteiger partial charge in [0.1, 0.15) is 18.5 Å². The average Bonchev–Trinajstić information content (AvgIpc) is 3.35. The van der Waals surface area contributed by atoms with Crippen molar-refractivity contribution in [1.82, 2.24) is 15.0 Å². The van der Waals surface area contributed by atoms with E-state index in [0.717, 1.165) is 69.9 Å². The molecule has 0 unspecified atom stereocenters. The molecular formula is C18H27N3O4. The molecule has 0 aliphatic carbocycles. The van der Waals surface area contributed by atoms with E-state index in [1.165, 1.54) is 0 Å². The minimum absolute atomic E-state index is 0.0492. The molecule has 3 atom stereocenters. The third kappa shape index (κ3) is 3.73. The van der Waals surface area contributed by atoms with E-state index in [9.17, 15) is 4.79 Å². The fraction of sp³-hybridized carbons (Fsp3) is 0.778. The second-order valence-electron chi connectivity index (χ2n) is 7.34. The highest BCUT2D eigenvalue weighted by Gasteiger charge is 2.45. The van der Waals surface area contributed by atoms with Crippen LogP contribution in [0, 0.1) is 6.92 Å². The number of hydrogen-bond donors (Lipinski definition) is 0. The van der Waals surface area contributed by atoms with Gasteiger partial charge in [-0.05, 0) is 32.6 Å². The summed E-state index contributed by atoms with van der Waals surface area (Å²) in [5.41, 5.74) is 0.940. The molecule has 25 heavy (non-hydrogen) atoms. The Balaban J connectivity index is 1.37. The highest BCUT2D eigenvalue weighted by molar-refractivity contribution is 5.77. The number of aromatic nitrogens is 1. The van der Waals surface area contributed by atoms with Gasteiger partial charge in [0.15, 0.2) is 0 Å². The SMILES string of the molecule is Cc1cc(CN2C[C@@H](OCC(=O)N3CCCC3)[C@@H]3OCCC[C@@H]32)no1. The van der Waals surface area contributed by atoms with Gasteiger partial charge in [-0.2, -0.15) is 0 Å². The van der Waals surface area contributed by atoms with Gasteiger partial charge in [0.25, 0.3) is 0 Å². The van der Waals surface area contributed by atoms with E-state index in [1.807, 2.05) is 17.9 Å². The number of carbonyl (C=O) groups excluding carboxylic acids is 1. The van der Waals surface area contributed by atoms with Crippen LogP contribution in [0.15, 0.2) is 10.6 Å². The van der Waals surface area contributed by atoms with Crippen LogP contribution in [0.5, 0.6) is 0 Å². The molecule has 0 saturated carbocycles. The highest BCUT2D eigenvalue weighted by atomic mass is 16.5. The molecule has 3 fully saturated rings. The smallest absolute Gasteiger partial charge is 0.248 e. The molecule has 7 heteroatoms. The van der Waals surface area contributed by atoms with Crippen molar-refractivity contribution < 1.29 is 18.8 Å². The second kappa shape index (κ2) is 7.43. The number of nitrogens with zero attached hydrogens (tertiary/aromatic N) is 3. The van der Waals surface area contributed by atoms with Crippen LogP contribution in [0.3, 0.4) is 0 Å². The predicted molar refractivity (Wildman–Crippen MR) is 90.0 cm³/mol. The molecule has 3 aliphatic rings. The number of likely N-dealkylation sites (tertiary alicyclic amines) is 2. The van der Waals surface area contributed by atoms with Gasteiger partial charge in [0.2, 0.25) is 5.91 Å². The summed E-state index contributed by atoms with van der Waals surface area (Å²) in [5, 5.41) is 4.11. The molecule has 3 aliphatic heterocycles. The lowest BCUT2D eigenvalue weighted by atomic mass is 10.0. The maximum Gasteiger partial charge on any atom is 0.248 e. The van der Waals surface area contributed by atoms with Gasteiger partial charge < -0.3 is 18.9 Å². The van der Waals surface area contributed by atoms with Gasteiger partial charge in [-0.15, -0.1) is 0 Å². The first kappa shape index (κ1) is 17.0. The van der Waals surface area contributed by atoms with E-state index in [0.29, 0.717) is 6.04 Å². The van der Waals surface area contributed by atoms with Crippen molar-refractivity contribution in [1.29, 1.82) is 0 Å². The number of aryl methyl sites for hydroxylation is 1. The molecule has 4 heterocycles. The van der Waals surface area contributed by atoms with Gasteiger partial charge in [-0.3, -0.25) is 9.69 Å². The molecule has 4 rings (SSSR count). The Hall–Kier alpha value is -1.44. The quantitative estimate of drug-likeness (QED) is 0.799. The Labute approximate surface area is 148 Å². The maximum absolute atomic E-state index is 12.3. The topological polar surface area (TPSA) is 68.0 Å². The summed E-state index contributed by atoms with van der Waals surface area (Å²) < 4.78 is 17.2. The molecule has 0 bridgehead atoms. The molecule has 0 radical (unpaired) electrons. The van der Waals surface area contributed by atoms with Crippen LogP contribution in [0.1, 0.15) is 37.1 Å². The Morgan fingerprint density at radius 3 is 2.96 bits per heavy atom. The molecule has 1 aromatic rings. The van der Waals surface area contributed by atoms with Gasteiger partial charge in [-0.25, -0.2) is 0 Å². The van der Waals surface area contributed by atoms with Crippen LogP contribution in [0.25, 0.3) is 0 Å². The summed E-state index contributed by atoms with van der Waals surface area (Å²) in [6.07, 6.45) is 4.37. The maximum atomic E-state index is 12.3. The lowest BCUT2D eigenvalue weighted by molar-refractivity contribution is -0.140.